The van der Waals surface area contributed by atoms with E-state index in [1.54, 1.807) is 23.0 Å². The summed E-state index contributed by atoms with van der Waals surface area (Å²) in [5.41, 5.74) is 8.72. The summed E-state index contributed by atoms with van der Waals surface area (Å²) in [7, 11) is 1.88. The van der Waals surface area contributed by atoms with Crippen molar-refractivity contribution in [3.8, 4) is 0 Å². The number of Topliss-reactive ketones (excluding diaryl/α,β-unsaturated/α-hetero) is 1. The third-order valence-corrected chi connectivity index (χ3v) is 3.51. The molecule has 0 saturated heterocycles. The van der Waals surface area contributed by atoms with E-state index in [-0.39, 0.29) is 12.2 Å². The first-order valence-electron chi connectivity index (χ1n) is 6.78. The Bertz CT molecular complexity index is 807. The fraction of sp³-hybridized carbons (Fsp3) is 0.188. The predicted octanol–water partition coefficient (Wildman–Crippen LogP) is 1.85. The van der Waals surface area contributed by atoms with E-state index in [2.05, 4.69) is 10.1 Å². The number of carbonyl (C=O) groups is 1. The van der Waals surface area contributed by atoms with Crippen molar-refractivity contribution in [2.24, 2.45) is 12.8 Å². The van der Waals surface area contributed by atoms with Gasteiger partial charge in [-0.2, -0.15) is 5.10 Å². The Morgan fingerprint density at radius 3 is 2.90 bits per heavy atom. The zero-order valence-corrected chi connectivity index (χ0v) is 11.8. The van der Waals surface area contributed by atoms with Crippen LogP contribution in [0.25, 0.3) is 10.9 Å². The van der Waals surface area contributed by atoms with Crippen LogP contribution in [-0.4, -0.2) is 20.5 Å². The number of aromatic nitrogens is 3. The minimum atomic E-state index is 0.0240. The molecule has 0 aliphatic rings. The molecule has 0 saturated carbocycles. The zero-order chi connectivity index (χ0) is 14.8. The molecular weight excluding hydrogens is 264 g/mol. The number of benzene rings is 1. The summed E-state index contributed by atoms with van der Waals surface area (Å²) < 4.78 is 1.80. The summed E-state index contributed by atoms with van der Waals surface area (Å²) in [6, 6.07) is 11.4. The highest BCUT2D eigenvalue weighted by atomic mass is 16.1. The molecule has 3 aromatic rings. The maximum Gasteiger partial charge on any atom is 0.169 e. The number of aryl methyl sites for hydroxylation is 1. The Labute approximate surface area is 122 Å². The van der Waals surface area contributed by atoms with Gasteiger partial charge in [-0.15, -0.1) is 0 Å². The van der Waals surface area contributed by atoms with Gasteiger partial charge in [-0.25, -0.2) is 0 Å². The van der Waals surface area contributed by atoms with E-state index < -0.39 is 0 Å². The molecule has 0 aliphatic carbocycles. The average molecular weight is 280 g/mol. The number of carbonyl (C=O) groups excluding carboxylic acids is 1. The van der Waals surface area contributed by atoms with Gasteiger partial charge >= 0.3 is 0 Å². The van der Waals surface area contributed by atoms with Gasteiger partial charge in [0.05, 0.1) is 23.3 Å². The first-order chi connectivity index (χ1) is 10.2. The number of pyridine rings is 1. The molecule has 0 bridgehead atoms. The molecule has 1 aromatic carbocycles. The van der Waals surface area contributed by atoms with Crippen molar-refractivity contribution in [1.82, 2.24) is 14.8 Å². The summed E-state index contributed by atoms with van der Waals surface area (Å²) >= 11 is 0. The van der Waals surface area contributed by atoms with Crippen molar-refractivity contribution >= 4 is 16.7 Å². The van der Waals surface area contributed by atoms with Gasteiger partial charge in [0.15, 0.2) is 5.78 Å². The molecule has 0 amide bonds. The molecule has 3 rings (SSSR count). The van der Waals surface area contributed by atoms with Crippen molar-refractivity contribution in [3.05, 3.63) is 59.5 Å². The van der Waals surface area contributed by atoms with Gasteiger partial charge in [0, 0.05) is 30.7 Å². The van der Waals surface area contributed by atoms with Gasteiger partial charge in [-0.1, -0.05) is 18.2 Å². The first-order valence-corrected chi connectivity index (χ1v) is 6.78. The van der Waals surface area contributed by atoms with E-state index in [1.165, 1.54) is 0 Å². The van der Waals surface area contributed by atoms with Crippen LogP contribution in [0, 0.1) is 0 Å². The van der Waals surface area contributed by atoms with Gasteiger partial charge in [-0.05, 0) is 18.2 Å². The monoisotopic (exact) mass is 280 g/mol. The van der Waals surface area contributed by atoms with Crippen LogP contribution in [0.4, 0.5) is 0 Å². The maximum absolute atomic E-state index is 12.4. The Hall–Kier alpha value is -2.53. The van der Waals surface area contributed by atoms with E-state index in [0.29, 0.717) is 17.8 Å². The van der Waals surface area contributed by atoms with Crippen LogP contribution in [0.2, 0.25) is 0 Å². The SMILES string of the molecule is Cn1nc(CC(=O)c2ccnc(CN)c2)c2ccccc21. The fourth-order valence-electron chi connectivity index (χ4n) is 2.44. The van der Waals surface area contributed by atoms with Gasteiger partial charge in [-0.3, -0.25) is 14.5 Å². The third kappa shape index (κ3) is 2.55. The number of fused-ring (bicyclic) bond motifs is 1. The van der Waals surface area contributed by atoms with Gasteiger partial charge in [0.25, 0.3) is 0 Å². The summed E-state index contributed by atoms with van der Waals surface area (Å²) in [5, 5.41) is 5.47. The van der Waals surface area contributed by atoms with Gasteiger partial charge < -0.3 is 5.73 Å². The normalized spacial score (nSPS) is 11.0. The molecule has 0 atom stereocenters. The van der Waals surface area contributed by atoms with Crippen molar-refractivity contribution < 1.29 is 4.79 Å². The van der Waals surface area contributed by atoms with E-state index >= 15 is 0 Å². The highest BCUT2D eigenvalue weighted by Crippen LogP contribution is 2.19. The quantitative estimate of drug-likeness (QED) is 0.740. The number of hydrogen-bond acceptors (Lipinski definition) is 4. The molecular formula is C16H16N4O. The smallest absolute Gasteiger partial charge is 0.169 e. The van der Waals surface area contributed by atoms with E-state index in [1.807, 2.05) is 31.3 Å². The van der Waals surface area contributed by atoms with Crippen molar-refractivity contribution in [2.45, 2.75) is 13.0 Å². The van der Waals surface area contributed by atoms with E-state index in [4.69, 9.17) is 5.73 Å². The highest BCUT2D eigenvalue weighted by molar-refractivity contribution is 5.99. The number of para-hydroxylation sites is 1. The predicted molar refractivity (Wildman–Crippen MR) is 80.9 cm³/mol. The average Bonchev–Trinajstić information content (AvgIpc) is 2.84. The molecule has 0 radical (unpaired) electrons. The van der Waals surface area contributed by atoms with Crippen LogP contribution in [-0.2, 0) is 20.0 Å². The molecule has 5 heteroatoms. The Balaban J connectivity index is 1.93. The van der Waals surface area contributed by atoms with E-state index in [9.17, 15) is 4.79 Å². The van der Waals surface area contributed by atoms with Crippen LogP contribution in [0.15, 0.2) is 42.6 Å². The molecule has 0 fully saturated rings. The van der Waals surface area contributed by atoms with Crippen LogP contribution in [0.1, 0.15) is 21.7 Å². The lowest BCUT2D eigenvalue weighted by molar-refractivity contribution is 0.0992. The lowest BCUT2D eigenvalue weighted by atomic mass is 10.0. The number of nitrogens with two attached hydrogens (primary N) is 1. The van der Waals surface area contributed by atoms with Gasteiger partial charge in [0.2, 0.25) is 0 Å². The van der Waals surface area contributed by atoms with Crippen LogP contribution in [0.5, 0.6) is 0 Å². The topological polar surface area (TPSA) is 73.8 Å². The third-order valence-electron chi connectivity index (χ3n) is 3.51. The largest absolute Gasteiger partial charge is 0.325 e. The van der Waals surface area contributed by atoms with Crippen molar-refractivity contribution in [3.63, 3.8) is 0 Å². The second-order valence-corrected chi connectivity index (χ2v) is 4.93. The molecule has 0 unspecified atom stereocenters. The van der Waals surface area contributed by atoms with Crippen LogP contribution < -0.4 is 5.73 Å². The number of ketones is 1. The standard InChI is InChI=1S/C16H16N4O/c1-20-15-5-3-2-4-13(15)14(19-20)9-16(21)11-6-7-18-12(8-11)10-17/h2-8H,9-10,17H2,1H3. The second kappa shape index (κ2) is 5.46. The molecule has 2 N–H and O–H groups in total. The highest BCUT2D eigenvalue weighted by Gasteiger charge is 2.14. The minimum absolute atomic E-state index is 0.0240. The molecule has 5 nitrogen and oxygen atoms in total. The molecule has 106 valence electrons. The van der Waals surface area contributed by atoms with Crippen LogP contribution in [0.3, 0.4) is 0 Å². The molecule has 0 spiro atoms. The zero-order valence-electron chi connectivity index (χ0n) is 11.8. The lowest BCUT2D eigenvalue weighted by Gasteiger charge is -2.01. The Morgan fingerprint density at radius 2 is 2.10 bits per heavy atom. The molecule has 0 aliphatic heterocycles. The number of nitrogens with zero attached hydrogens (tertiary/aromatic N) is 3. The Morgan fingerprint density at radius 1 is 1.29 bits per heavy atom. The lowest BCUT2D eigenvalue weighted by Crippen LogP contribution is -2.07. The van der Waals surface area contributed by atoms with Crippen molar-refractivity contribution in [1.29, 1.82) is 0 Å². The molecule has 21 heavy (non-hydrogen) atoms. The van der Waals surface area contributed by atoms with Crippen molar-refractivity contribution in [2.75, 3.05) is 0 Å². The van der Waals surface area contributed by atoms with Gasteiger partial charge in [0.1, 0.15) is 0 Å². The maximum atomic E-state index is 12.4. The van der Waals surface area contributed by atoms with Crippen LogP contribution >= 0.6 is 0 Å². The summed E-state index contributed by atoms with van der Waals surface area (Å²) in [6.45, 7) is 0.327. The first kappa shape index (κ1) is 13.5. The summed E-state index contributed by atoms with van der Waals surface area (Å²) in [6.07, 6.45) is 1.89. The number of rotatable bonds is 4. The summed E-state index contributed by atoms with van der Waals surface area (Å²) in [4.78, 5) is 16.5. The minimum Gasteiger partial charge on any atom is -0.325 e. The second-order valence-electron chi connectivity index (χ2n) is 4.93. The Kier molecular flexibility index (Phi) is 3.50. The van der Waals surface area contributed by atoms with E-state index in [0.717, 1.165) is 16.6 Å². The fourth-order valence-corrected chi connectivity index (χ4v) is 2.44. The molecule has 2 heterocycles. The summed E-state index contributed by atoms with van der Waals surface area (Å²) in [5.74, 6) is 0.0240. The number of hydrogen-bond donors (Lipinski definition) is 1. The molecule has 2 aromatic heterocycles.